The van der Waals surface area contributed by atoms with Gasteiger partial charge in [-0.3, -0.25) is 4.79 Å². The summed E-state index contributed by atoms with van der Waals surface area (Å²) < 4.78 is 0. The van der Waals surface area contributed by atoms with Gasteiger partial charge >= 0.3 is 5.97 Å². The van der Waals surface area contributed by atoms with Crippen LogP contribution in [0.5, 0.6) is 0 Å². The first kappa shape index (κ1) is 14.9. The maximum atomic E-state index is 11.4. The summed E-state index contributed by atoms with van der Waals surface area (Å²) >= 11 is 0. The van der Waals surface area contributed by atoms with Gasteiger partial charge in [0.1, 0.15) is 6.04 Å². The molecule has 16 heavy (non-hydrogen) atoms. The number of hydrogen-bond acceptors (Lipinski definition) is 2. The zero-order chi connectivity index (χ0) is 12.6. The van der Waals surface area contributed by atoms with Crippen LogP contribution >= 0.6 is 0 Å². The van der Waals surface area contributed by atoms with E-state index >= 15 is 0 Å². The number of aliphatic carboxylic acids is 1. The number of rotatable bonds is 8. The van der Waals surface area contributed by atoms with E-state index in [0.717, 1.165) is 25.7 Å². The summed E-state index contributed by atoms with van der Waals surface area (Å²) in [7, 11) is 0. The number of amides is 1. The van der Waals surface area contributed by atoms with Crippen LogP contribution in [0.4, 0.5) is 0 Å². The van der Waals surface area contributed by atoms with Crippen LogP contribution in [0.25, 0.3) is 0 Å². The summed E-state index contributed by atoms with van der Waals surface area (Å²) in [5, 5.41) is 9.12. The Hall–Kier alpha value is -1.06. The van der Waals surface area contributed by atoms with Gasteiger partial charge in [-0.15, -0.1) is 0 Å². The van der Waals surface area contributed by atoms with Crippen LogP contribution in [0.15, 0.2) is 0 Å². The van der Waals surface area contributed by atoms with Crippen LogP contribution in [0.2, 0.25) is 0 Å². The van der Waals surface area contributed by atoms with Crippen LogP contribution in [-0.2, 0) is 9.59 Å². The fourth-order valence-electron chi connectivity index (χ4n) is 1.77. The second kappa shape index (κ2) is 8.13. The molecule has 0 aliphatic rings. The number of carboxylic acids is 1. The van der Waals surface area contributed by atoms with Gasteiger partial charge in [-0.25, -0.2) is 4.79 Å². The summed E-state index contributed by atoms with van der Waals surface area (Å²) in [5.74, 6) is -1.04. The number of carbonyl (C=O) groups is 2. The number of carboxylic acid groups (broad SMARTS) is 1. The summed E-state index contributed by atoms with van der Waals surface area (Å²) in [5.41, 5.74) is 0. The van der Waals surface area contributed by atoms with Crippen molar-refractivity contribution >= 4 is 11.9 Å². The molecule has 4 nitrogen and oxygen atoms in total. The molecule has 0 aliphatic heterocycles. The molecule has 0 heterocycles. The Morgan fingerprint density at radius 2 is 1.81 bits per heavy atom. The Kier molecular flexibility index (Phi) is 7.60. The normalized spacial score (nSPS) is 12.2. The molecule has 0 rings (SSSR count). The Morgan fingerprint density at radius 3 is 2.19 bits per heavy atom. The van der Waals surface area contributed by atoms with E-state index in [1.54, 1.807) is 0 Å². The zero-order valence-electron chi connectivity index (χ0n) is 10.5. The summed E-state index contributed by atoms with van der Waals surface area (Å²) in [6.07, 6.45) is 4.28. The average molecular weight is 229 g/mol. The number of nitrogens with zero attached hydrogens (tertiary/aromatic N) is 1. The van der Waals surface area contributed by atoms with Crippen molar-refractivity contribution in [1.82, 2.24) is 4.90 Å². The molecule has 1 unspecified atom stereocenters. The summed E-state index contributed by atoms with van der Waals surface area (Å²) in [6.45, 7) is 5.98. The molecule has 1 N–H and O–H groups in total. The van der Waals surface area contributed by atoms with Gasteiger partial charge in [-0.2, -0.15) is 0 Å². The van der Waals surface area contributed by atoms with Crippen molar-refractivity contribution < 1.29 is 14.7 Å². The third-order valence-corrected chi connectivity index (χ3v) is 2.61. The summed E-state index contributed by atoms with van der Waals surface area (Å²) in [6, 6.07) is -0.649. The molecule has 0 spiro atoms. The predicted molar refractivity (Wildman–Crippen MR) is 63.2 cm³/mol. The lowest BCUT2D eigenvalue weighted by atomic mass is 10.1. The van der Waals surface area contributed by atoms with Gasteiger partial charge in [0.25, 0.3) is 0 Å². The SMILES string of the molecule is CCCCCC(C(=O)O)N(CCC)C(C)=O. The minimum absolute atomic E-state index is 0.147. The summed E-state index contributed by atoms with van der Waals surface area (Å²) in [4.78, 5) is 24.0. The zero-order valence-corrected chi connectivity index (χ0v) is 10.5. The Balaban J connectivity index is 4.45. The monoisotopic (exact) mass is 229 g/mol. The van der Waals surface area contributed by atoms with Crippen molar-refractivity contribution in [3.05, 3.63) is 0 Å². The van der Waals surface area contributed by atoms with Crippen molar-refractivity contribution in [2.75, 3.05) is 6.54 Å². The fourth-order valence-corrected chi connectivity index (χ4v) is 1.77. The molecule has 1 amide bonds. The van der Waals surface area contributed by atoms with Crippen LogP contribution in [0.1, 0.15) is 52.9 Å². The van der Waals surface area contributed by atoms with Gasteiger partial charge in [0.15, 0.2) is 0 Å². The van der Waals surface area contributed by atoms with Crippen molar-refractivity contribution in [3.8, 4) is 0 Å². The third-order valence-electron chi connectivity index (χ3n) is 2.61. The third kappa shape index (κ3) is 5.14. The van der Waals surface area contributed by atoms with E-state index in [1.807, 2.05) is 6.92 Å². The first-order valence-corrected chi connectivity index (χ1v) is 6.04. The van der Waals surface area contributed by atoms with Crippen molar-refractivity contribution in [2.45, 2.75) is 58.9 Å². The molecular weight excluding hydrogens is 206 g/mol. The van der Waals surface area contributed by atoms with Gasteiger partial charge in [0.2, 0.25) is 5.91 Å². The van der Waals surface area contributed by atoms with Gasteiger partial charge in [0.05, 0.1) is 0 Å². The quantitative estimate of drug-likeness (QED) is 0.650. The topological polar surface area (TPSA) is 57.6 Å². The Labute approximate surface area is 97.6 Å². The second-order valence-electron chi connectivity index (χ2n) is 4.06. The predicted octanol–water partition coefficient (Wildman–Crippen LogP) is 2.28. The lowest BCUT2D eigenvalue weighted by molar-refractivity contribution is -0.149. The van der Waals surface area contributed by atoms with E-state index in [0.29, 0.717) is 13.0 Å². The highest BCUT2D eigenvalue weighted by atomic mass is 16.4. The van der Waals surface area contributed by atoms with Crippen molar-refractivity contribution in [3.63, 3.8) is 0 Å². The minimum Gasteiger partial charge on any atom is -0.480 e. The van der Waals surface area contributed by atoms with Crippen molar-refractivity contribution in [1.29, 1.82) is 0 Å². The molecule has 0 fully saturated rings. The maximum absolute atomic E-state index is 11.4. The highest BCUT2D eigenvalue weighted by Gasteiger charge is 2.26. The molecule has 0 aliphatic carbocycles. The lowest BCUT2D eigenvalue weighted by Gasteiger charge is -2.27. The van der Waals surface area contributed by atoms with E-state index < -0.39 is 12.0 Å². The van der Waals surface area contributed by atoms with E-state index in [2.05, 4.69) is 6.92 Å². The average Bonchev–Trinajstić information content (AvgIpc) is 2.21. The maximum Gasteiger partial charge on any atom is 0.326 e. The number of hydrogen-bond donors (Lipinski definition) is 1. The highest BCUT2D eigenvalue weighted by molar-refractivity contribution is 5.82. The first-order valence-electron chi connectivity index (χ1n) is 6.04. The molecule has 0 radical (unpaired) electrons. The Morgan fingerprint density at radius 1 is 1.19 bits per heavy atom. The first-order chi connectivity index (χ1) is 7.54. The standard InChI is InChI=1S/C12H23NO3/c1-4-6-7-8-11(12(15)16)13(9-5-2)10(3)14/h11H,4-9H2,1-3H3,(H,15,16). The van der Waals surface area contributed by atoms with Crippen LogP contribution in [-0.4, -0.2) is 34.5 Å². The molecule has 0 saturated heterocycles. The molecule has 0 aromatic carbocycles. The molecule has 0 aromatic heterocycles. The van der Waals surface area contributed by atoms with Crippen LogP contribution in [0.3, 0.4) is 0 Å². The minimum atomic E-state index is -0.889. The Bertz CT molecular complexity index is 228. The number of carbonyl (C=O) groups excluding carboxylic acids is 1. The van der Waals surface area contributed by atoms with E-state index in [1.165, 1.54) is 11.8 Å². The molecular formula is C12H23NO3. The largest absolute Gasteiger partial charge is 0.480 e. The molecule has 4 heteroatoms. The van der Waals surface area contributed by atoms with Gasteiger partial charge in [-0.05, 0) is 12.8 Å². The van der Waals surface area contributed by atoms with Gasteiger partial charge < -0.3 is 10.0 Å². The lowest BCUT2D eigenvalue weighted by Crippen LogP contribution is -2.44. The molecule has 0 aromatic rings. The van der Waals surface area contributed by atoms with Gasteiger partial charge in [-0.1, -0.05) is 33.1 Å². The van der Waals surface area contributed by atoms with E-state index in [9.17, 15) is 9.59 Å². The molecule has 94 valence electrons. The van der Waals surface area contributed by atoms with E-state index in [4.69, 9.17) is 5.11 Å². The molecule has 0 bridgehead atoms. The van der Waals surface area contributed by atoms with Gasteiger partial charge in [0, 0.05) is 13.5 Å². The van der Waals surface area contributed by atoms with Crippen LogP contribution in [0, 0.1) is 0 Å². The van der Waals surface area contributed by atoms with Crippen LogP contribution < -0.4 is 0 Å². The highest BCUT2D eigenvalue weighted by Crippen LogP contribution is 2.11. The van der Waals surface area contributed by atoms with Crippen molar-refractivity contribution in [2.24, 2.45) is 0 Å². The second-order valence-corrected chi connectivity index (χ2v) is 4.06. The smallest absolute Gasteiger partial charge is 0.326 e. The number of unbranched alkanes of at least 4 members (excludes halogenated alkanes) is 2. The molecule has 1 atom stereocenters. The fraction of sp³-hybridized carbons (Fsp3) is 0.833. The molecule has 0 saturated carbocycles. The van der Waals surface area contributed by atoms with E-state index in [-0.39, 0.29) is 5.91 Å².